The first kappa shape index (κ1) is 15.1. The van der Waals surface area contributed by atoms with Crippen molar-refractivity contribution in [3.8, 4) is 0 Å². The van der Waals surface area contributed by atoms with Crippen LogP contribution in [0.25, 0.3) is 0 Å². The predicted molar refractivity (Wildman–Crippen MR) is 63.6 cm³/mol. The third-order valence-corrected chi connectivity index (χ3v) is 3.48. The Kier molecular flexibility index (Phi) is 6.68. The molecular weight excluding hydrogens is 259 g/mol. The molecule has 0 amide bonds. The molecule has 0 saturated heterocycles. The quantitative estimate of drug-likeness (QED) is 0.782. The smallest absolute Gasteiger partial charge is 0.312 e. The summed E-state index contributed by atoms with van der Waals surface area (Å²) in [5, 5.41) is 8.37. The normalized spacial score (nSPS) is 17.0. The van der Waals surface area contributed by atoms with Gasteiger partial charge in [-0.1, -0.05) is 37.0 Å². The molecule has 0 spiro atoms. The molecule has 0 rings (SSSR count). The Morgan fingerprint density at radius 2 is 1.93 bits per heavy atom. The van der Waals surface area contributed by atoms with Crippen LogP contribution >= 0.6 is 23.2 Å². The molecule has 3 nitrogen and oxygen atoms in total. The van der Waals surface area contributed by atoms with Crippen molar-refractivity contribution in [2.75, 3.05) is 6.26 Å². The summed E-state index contributed by atoms with van der Waals surface area (Å²) in [5.41, 5.74) is 0. The summed E-state index contributed by atoms with van der Waals surface area (Å²) in [6, 6.07) is 0. The van der Waals surface area contributed by atoms with E-state index in [1.54, 1.807) is 13.8 Å². The maximum atomic E-state index is 11.4. The number of halogens is 2. The standard InChI is InChI=1S/C9H14Cl2O3S/c1-5(2)8(9(12)13)6(15(3)14)4-7(10)11/h4-6,8H,1-3H3,(H,12,13). The predicted octanol–water partition coefficient (Wildman–Crippen LogP) is 2.41. The number of hydrogen-bond donors (Lipinski definition) is 1. The molecule has 0 radical (unpaired) electrons. The van der Waals surface area contributed by atoms with Gasteiger partial charge in [-0.3, -0.25) is 4.79 Å². The lowest BCUT2D eigenvalue weighted by atomic mass is 9.92. The molecule has 0 aromatic rings. The molecule has 0 aromatic heterocycles. The van der Waals surface area contributed by atoms with Crippen LogP contribution < -0.4 is 0 Å². The monoisotopic (exact) mass is 272 g/mol. The van der Waals surface area contributed by atoms with Crippen molar-refractivity contribution < 1.29 is 14.5 Å². The molecular formula is C9H14Cl2O3S. The van der Waals surface area contributed by atoms with Crippen LogP contribution in [0, 0.1) is 11.8 Å². The van der Waals surface area contributed by atoms with Gasteiger partial charge in [0.15, 0.2) is 0 Å². The first-order valence-corrected chi connectivity index (χ1v) is 6.73. The van der Waals surface area contributed by atoms with Crippen molar-refractivity contribution in [3.63, 3.8) is 0 Å². The first-order valence-electron chi connectivity index (χ1n) is 4.35. The summed E-state index contributed by atoms with van der Waals surface area (Å²) >= 11 is 9.62. The summed E-state index contributed by atoms with van der Waals surface area (Å²) in [5.74, 6) is -1.88. The van der Waals surface area contributed by atoms with Gasteiger partial charge in [0.25, 0.3) is 0 Å². The maximum Gasteiger partial charge on any atom is 0.312 e. The third kappa shape index (κ3) is 5.11. The number of carboxylic acid groups (broad SMARTS) is 1. The van der Waals surface area contributed by atoms with E-state index in [0.29, 0.717) is 0 Å². The molecule has 3 unspecified atom stereocenters. The summed E-state index contributed by atoms with van der Waals surface area (Å²) in [7, 11) is 0. The Labute approximate surface area is 103 Å². The van der Waals surface area contributed by atoms with Gasteiger partial charge in [-0.25, -0.2) is 0 Å². The lowest BCUT2D eigenvalue weighted by Crippen LogP contribution is -2.36. The zero-order chi connectivity index (χ0) is 12.2. The van der Waals surface area contributed by atoms with E-state index in [2.05, 4.69) is 0 Å². The van der Waals surface area contributed by atoms with Gasteiger partial charge in [-0.05, 0) is 23.2 Å². The van der Waals surface area contributed by atoms with Gasteiger partial charge in [0.2, 0.25) is 0 Å². The fourth-order valence-electron chi connectivity index (χ4n) is 1.34. The lowest BCUT2D eigenvalue weighted by Gasteiger charge is -2.24. The highest BCUT2D eigenvalue weighted by Gasteiger charge is 2.36. The van der Waals surface area contributed by atoms with Crippen molar-refractivity contribution in [2.24, 2.45) is 11.8 Å². The zero-order valence-corrected chi connectivity index (χ0v) is 11.1. The SMILES string of the molecule is CC(C)C(C(=O)O)C(C=C(Cl)Cl)[S+](C)[O-]. The highest BCUT2D eigenvalue weighted by atomic mass is 35.5. The summed E-state index contributed by atoms with van der Waals surface area (Å²) in [6.45, 7) is 3.52. The highest BCUT2D eigenvalue weighted by molar-refractivity contribution is 7.91. The Morgan fingerprint density at radius 3 is 2.13 bits per heavy atom. The Balaban J connectivity index is 5.02. The van der Waals surface area contributed by atoms with Gasteiger partial charge in [-0.2, -0.15) is 0 Å². The van der Waals surface area contributed by atoms with E-state index in [-0.39, 0.29) is 10.4 Å². The van der Waals surface area contributed by atoms with Gasteiger partial charge >= 0.3 is 5.97 Å². The minimum Gasteiger partial charge on any atom is -0.616 e. The van der Waals surface area contributed by atoms with Crippen LogP contribution in [0.15, 0.2) is 10.6 Å². The molecule has 0 heterocycles. The average molecular weight is 273 g/mol. The fourth-order valence-corrected chi connectivity index (χ4v) is 2.93. The van der Waals surface area contributed by atoms with Crippen LogP contribution in [0.1, 0.15) is 13.8 Å². The van der Waals surface area contributed by atoms with Crippen molar-refractivity contribution in [3.05, 3.63) is 10.6 Å². The van der Waals surface area contributed by atoms with Crippen LogP contribution in [0.4, 0.5) is 0 Å². The van der Waals surface area contributed by atoms with E-state index < -0.39 is 28.3 Å². The second-order valence-electron chi connectivity index (χ2n) is 3.53. The highest BCUT2D eigenvalue weighted by Crippen LogP contribution is 2.25. The Bertz CT molecular complexity index is 250. The minimum absolute atomic E-state index is 0.0536. The molecule has 1 N–H and O–H groups in total. The van der Waals surface area contributed by atoms with E-state index in [4.69, 9.17) is 28.3 Å². The van der Waals surface area contributed by atoms with Crippen LogP contribution in [0.2, 0.25) is 0 Å². The second-order valence-corrected chi connectivity index (χ2v) is 6.08. The van der Waals surface area contributed by atoms with Gasteiger partial charge in [0.05, 0.1) is 6.26 Å². The van der Waals surface area contributed by atoms with E-state index in [1.807, 2.05) is 0 Å². The number of hydrogen-bond acceptors (Lipinski definition) is 2. The molecule has 0 aliphatic heterocycles. The van der Waals surface area contributed by atoms with Gasteiger partial charge in [0, 0.05) is 0 Å². The fraction of sp³-hybridized carbons (Fsp3) is 0.667. The molecule has 0 aliphatic carbocycles. The maximum absolute atomic E-state index is 11.4. The molecule has 0 aromatic carbocycles. The molecule has 0 aliphatic rings. The van der Waals surface area contributed by atoms with Crippen molar-refractivity contribution in [2.45, 2.75) is 19.1 Å². The summed E-state index contributed by atoms with van der Waals surface area (Å²) in [6.07, 6.45) is 2.77. The van der Waals surface area contributed by atoms with E-state index >= 15 is 0 Å². The van der Waals surface area contributed by atoms with Gasteiger partial charge in [0.1, 0.15) is 15.7 Å². The van der Waals surface area contributed by atoms with Gasteiger partial charge < -0.3 is 9.66 Å². The van der Waals surface area contributed by atoms with Crippen molar-refractivity contribution in [1.82, 2.24) is 0 Å². The van der Waals surface area contributed by atoms with E-state index in [9.17, 15) is 9.35 Å². The van der Waals surface area contributed by atoms with E-state index in [1.165, 1.54) is 12.3 Å². The molecule has 0 saturated carbocycles. The van der Waals surface area contributed by atoms with Crippen molar-refractivity contribution >= 4 is 40.3 Å². The molecule has 88 valence electrons. The number of aliphatic carboxylic acids is 1. The van der Waals surface area contributed by atoms with Crippen LogP contribution in [0.3, 0.4) is 0 Å². The topological polar surface area (TPSA) is 60.4 Å². The Hall–Kier alpha value is 0.1000. The molecule has 0 bridgehead atoms. The number of carbonyl (C=O) groups is 1. The second kappa shape index (κ2) is 6.63. The average Bonchev–Trinajstić information content (AvgIpc) is 2.00. The zero-order valence-electron chi connectivity index (χ0n) is 8.74. The molecule has 0 fully saturated rings. The molecule has 3 atom stereocenters. The summed E-state index contributed by atoms with van der Waals surface area (Å²) in [4.78, 5) is 11.0. The first-order chi connectivity index (χ1) is 6.77. The van der Waals surface area contributed by atoms with Crippen LogP contribution in [-0.4, -0.2) is 27.1 Å². The van der Waals surface area contributed by atoms with Crippen molar-refractivity contribution in [1.29, 1.82) is 0 Å². The van der Waals surface area contributed by atoms with Gasteiger partial charge in [-0.15, -0.1) is 0 Å². The number of rotatable bonds is 5. The number of carboxylic acids is 1. The molecule has 6 heteroatoms. The largest absolute Gasteiger partial charge is 0.616 e. The van der Waals surface area contributed by atoms with E-state index in [0.717, 1.165) is 0 Å². The minimum atomic E-state index is -1.32. The Morgan fingerprint density at radius 1 is 1.47 bits per heavy atom. The lowest BCUT2D eigenvalue weighted by molar-refractivity contribution is -0.142. The third-order valence-electron chi connectivity index (χ3n) is 2.03. The van der Waals surface area contributed by atoms with Crippen LogP contribution in [0.5, 0.6) is 0 Å². The molecule has 15 heavy (non-hydrogen) atoms. The van der Waals surface area contributed by atoms with Crippen LogP contribution in [-0.2, 0) is 16.0 Å². The summed E-state index contributed by atoms with van der Waals surface area (Å²) < 4.78 is 11.4.